The number of ketones is 1. The number of carbonyl (C=O) groups is 2. The minimum Gasteiger partial charge on any atom is -0.379 e. The van der Waals surface area contributed by atoms with Gasteiger partial charge in [0.1, 0.15) is 0 Å². The summed E-state index contributed by atoms with van der Waals surface area (Å²) in [5, 5.41) is 2.92. The van der Waals surface area contributed by atoms with Crippen LogP contribution in [0.3, 0.4) is 0 Å². The summed E-state index contributed by atoms with van der Waals surface area (Å²) in [6.07, 6.45) is 0. The number of nitrogens with zero attached hydrogens (tertiary/aromatic N) is 1. The van der Waals surface area contributed by atoms with Crippen molar-refractivity contribution >= 4 is 33.3 Å². The molecule has 0 aromatic heterocycles. The van der Waals surface area contributed by atoms with Crippen LogP contribution in [0.1, 0.15) is 22.8 Å². The standard InChI is InChI=1S/C20H21BrN2O3/c1-14(23-9-11-26-12-10-23)20(25)22-18-8-7-16(21)13-17(18)19(24)15-5-3-2-4-6-15/h2-8,13-14H,9-12H2,1H3,(H,22,25)/t14-/m1/s1. The number of morpholine rings is 1. The number of hydrogen-bond donors (Lipinski definition) is 1. The molecular formula is C20H21BrN2O3. The van der Waals surface area contributed by atoms with Crippen molar-refractivity contribution in [1.82, 2.24) is 4.90 Å². The highest BCUT2D eigenvalue weighted by Crippen LogP contribution is 2.24. The summed E-state index contributed by atoms with van der Waals surface area (Å²) < 4.78 is 6.13. The van der Waals surface area contributed by atoms with Gasteiger partial charge in [-0.15, -0.1) is 0 Å². The zero-order valence-corrected chi connectivity index (χ0v) is 16.2. The van der Waals surface area contributed by atoms with E-state index in [-0.39, 0.29) is 17.7 Å². The summed E-state index contributed by atoms with van der Waals surface area (Å²) in [5.74, 6) is -0.252. The number of nitrogens with one attached hydrogen (secondary N) is 1. The lowest BCUT2D eigenvalue weighted by Gasteiger charge is -2.31. The van der Waals surface area contributed by atoms with E-state index in [0.29, 0.717) is 30.0 Å². The monoisotopic (exact) mass is 416 g/mol. The summed E-state index contributed by atoms with van der Waals surface area (Å²) in [4.78, 5) is 27.6. The third kappa shape index (κ3) is 4.38. The van der Waals surface area contributed by atoms with Crippen molar-refractivity contribution in [3.05, 3.63) is 64.1 Å². The Morgan fingerprint density at radius 3 is 2.50 bits per heavy atom. The Morgan fingerprint density at radius 2 is 1.81 bits per heavy atom. The van der Waals surface area contributed by atoms with Crippen LogP contribution in [0, 0.1) is 0 Å². The van der Waals surface area contributed by atoms with Gasteiger partial charge in [-0.25, -0.2) is 0 Å². The van der Waals surface area contributed by atoms with Gasteiger partial charge >= 0.3 is 0 Å². The molecule has 1 atom stereocenters. The third-order valence-electron chi connectivity index (χ3n) is 4.49. The van der Waals surface area contributed by atoms with Crippen molar-refractivity contribution in [3.63, 3.8) is 0 Å². The lowest BCUT2D eigenvalue weighted by molar-refractivity contribution is -0.122. The SMILES string of the molecule is C[C@H](C(=O)Nc1ccc(Br)cc1C(=O)c1ccccc1)N1CCOCC1. The fraction of sp³-hybridized carbons (Fsp3) is 0.300. The van der Waals surface area contributed by atoms with E-state index in [4.69, 9.17) is 4.74 Å². The largest absolute Gasteiger partial charge is 0.379 e. The molecule has 1 amide bonds. The molecule has 1 saturated heterocycles. The number of benzene rings is 2. The highest BCUT2D eigenvalue weighted by atomic mass is 79.9. The minimum absolute atomic E-state index is 0.124. The van der Waals surface area contributed by atoms with Gasteiger partial charge in [0, 0.05) is 28.7 Å². The van der Waals surface area contributed by atoms with Gasteiger partial charge < -0.3 is 10.1 Å². The van der Waals surface area contributed by atoms with Gasteiger partial charge in [0.2, 0.25) is 5.91 Å². The number of carbonyl (C=O) groups excluding carboxylic acids is 2. The minimum atomic E-state index is -0.290. The van der Waals surface area contributed by atoms with Crippen LogP contribution in [0.5, 0.6) is 0 Å². The molecule has 136 valence electrons. The second kappa shape index (κ2) is 8.58. The van der Waals surface area contributed by atoms with Gasteiger partial charge in [0.25, 0.3) is 0 Å². The first-order valence-electron chi connectivity index (χ1n) is 8.58. The van der Waals surface area contributed by atoms with Crippen LogP contribution in [-0.2, 0) is 9.53 Å². The zero-order chi connectivity index (χ0) is 18.5. The van der Waals surface area contributed by atoms with E-state index < -0.39 is 0 Å². The topological polar surface area (TPSA) is 58.6 Å². The average Bonchev–Trinajstić information content (AvgIpc) is 2.69. The number of hydrogen-bond acceptors (Lipinski definition) is 4. The maximum absolute atomic E-state index is 12.9. The van der Waals surface area contributed by atoms with Gasteiger partial charge in [0.15, 0.2) is 5.78 Å². The maximum Gasteiger partial charge on any atom is 0.241 e. The zero-order valence-electron chi connectivity index (χ0n) is 14.6. The summed E-state index contributed by atoms with van der Waals surface area (Å²) in [5.41, 5.74) is 1.57. The summed E-state index contributed by atoms with van der Waals surface area (Å²) in [6, 6.07) is 14.1. The molecule has 0 saturated carbocycles. The molecule has 6 heteroatoms. The second-order valence-electron chi connectivity index (χ2n) is 6.20. The first-order valence-corrected chi connectivity index (χ1v) is 9.37. The van der Waals surface area contributed by atoms with Crippen LogP contribution >= 0.6 is 15.9 Å². The fourth-order valence-electron chi connectivity index (χ4n) is 2.93. The second-order valence-corrected chi connectivity index (χ2v) is 7.11. The molecule has 1 fully saturated rings. The van der Waals surface area contributed by atoms with Gasteiger partial charge in [-0.2, -0.15) is 0 Å². The van der Waals surface area contributed by atoms with Crippen molar-refractivity contribution in [2.24, 2.45) is 0 Å². The van der Waals surface area contributed by atoms with E-state index in [1.807, 2.05) is 31.2 Å². The first kappa shape index (κ1) is 18.8. The van der Waals surface area contributed by atoms with Crippen LogP contribution in [-0.4, -0.2) is 48.9 Å². The predicted octanol–water partition coefficient (Wildman–Crippen LogP) is 3.34. The highest BCUT2D eigenvalue weighted by Gasteiger charge is 2.24. The molecule has 0 spiro atoms. The predicted molar refractivity (Wildman–Crippen MR) is 105 cm³/mol. The van der Waals surface area contributed by atoms with E-state index >= 15 is 0 Å². The fourth-order valence-corrected chi connectivity index (χ4v) is 3.29. The number of rotatable bonds is 5. The van der Waals surface area contributed by atoms with Gasteiger partial charge in [-0.3, -0.25) is 14.5 Å². The van der Waals surface area contributed by atoms with E-state index in [9.17, 15) is 9.59 Å². The molecule has 2 aromatic carbocycles. The molecule has 1 aliphatic rings. The molecule has 0 unspecified atom stereocenters. The Hall–Kier alpha value is -2.02. The van der Waals surface area contributed by atoms with Crippen LogP contribution in [0.4, 0.5) is 5.69 Å². The van der Waals surface area contributed by atoms with E-state index in [2.05, 4.69) is 26.1 Å². The van der Waals surface area contributed by atoms with Gasteiger partial charge in [0.05, 0.1) is 24.9 Å². The molecule has 2 aromatic rings. The van der Waals surface area contributed by atoms with E-state index in [1.165, 1.54) is 0 Å². The summed E-state index contributed by atoms with van der Waals surface area (Å²) >= 11 is 3.41. The molecule has 0 bridgehead atoms. The molecule has 1 aliphatic heterocycles. The molecule has 3 rings (SSSR count). The Kier molecular flexibility index (Phi) is 6.19. The van der Waals surface area contributed by atoms with Gasteiger partial charge in [-0.05, 0) is 25.1 Å². The van der Waals surface area contributed by atoms with Crippen molar-refractivity contribution in [2.75, 3.05) is 31.6 Å². The van der Waals surface area contributed by atoms with Crippen molar-refractivity contribution in [1.29, 1.82) is 0 Å². The van der Waals surface area contributed by atoms with E-state index in [0.717, 1.165) is 17.6 Å². The average molecular weight is 417 g/mol. The molecule has 1 heterocycles. The molecule has 5 nitrogen and oxygen atoms in total. The van der Waals surface area contributed by atoms with Crippen LogP contribution in [0.2, 0.25) is 0 Å². The van der Waals surface area contributed by atoms with Crippen LogP contribution in [0.15, 0.2) is 53.0 Å². The Bertz CT molecular complexity index is 789. The van der Waals surface area contributed by atoms with Crippen LogP contribution in [0.25, 0.3) is 0 Å². The smallest absolute Gasteiger partial charge is 0.241 e. The lowest BCUT2D eigenvalue weighted by Crippen LogP contribution is -2.47. The number of anilines is 1. The Labute approximate surface area is 161 Å². The summed E-state index contributed by atoms with van der Waals surface area (Å²) in [6.45, 7) is 4.59. The molecular weight excluding hydrogens is 396 g/mol. The number of halogens is 1. The highest BCUT2D eigenvalue weighted by molar-refractivity contribution is 9.10. The quantitative estimate of drug-likeness (QED) is 0.759. The molecule has 1 N–H and O–H groups in total. The molecule has 0 radical (unpaired) electrons. The third-order valence-corrected chi connectivity index (χ3v) is 4.99. The lowest BCUT2D eigenvalue weighted by atomic mass is 10.0. The molecule has 26 heavy (non-hydrogen) atoms. The number of ether oxygens (including phenoxy) is 1. The molecule has 0 aliphatic carbocycles. The van der Waals surface area contributed by atoms with Gasteiger partial charge in [-0.1, -0.05) is 46.3 Å². The van der Waals surface area contributed by atoms with Crippen molar-refractivity contribution in [3.8, 4) is 0 Å². The Balaban J connectivity index is 1.81. The number of amides is 1. The van der Waals surface area contributed by atoms with Crippen molar-refractivity contribution < 1.29 is 14.3 Å². The maximum atomic E-state index is 12.9. The van der Waals surface area contributed by atoms with E-state index in [1.54, 1.807) is 24.3 Å². The normalized spacial score (nSPS) is 16.1. The Morgan fingerprint density at radius 1 is 1.12 bits per heavy atom. The van der Waals surface area contributed by atoms with Crippen molar-refractivity contribution in [2.45, 2.75) is 13.0 Å². The summed E-state index contributed by atoms with van der Waals surface area (Å²) in [7, 11) is 0. The first-order chi connectivity index (χ1) is 12.6. The van der Waals surface area contributed by atoms with Crippen LogP contribution < -0.4 is 5.32 Å².